The lowest BCUT2D eigenvalue weighted by atomic mass is 10.1. The highest BCUT2D eigenvalue weighted by atomic mass is 32.2. The summed E-state index contributed by atoms with van der Waals surface area (Å²) in [5.41, 5.74) is 4.79. The quantitative estimate of drug-likeness (QED) is 0.582. The Morgan fingerprint density at radius 1 is 1.33 bits per heavy atom. The second-order valence-electron chi connectivity index (χ2n) is 5.90. The molecule has 12 heteroatoms. The molecule has 0 fully saturated rings. The summed E-state index contributed by atoms with van der Waals surface area (Å²) >= 11 is 0. The lowest BCUT2D eigenvalue weighted by molar-refractivity contribution is -0.147. The molecule has 7 nitrogen and oxygen atoms in total. The summed E-state index contributed by atoms with van der Waals surface area (Å²) < 4.78 is 79.7. The molecule has 0 aliphatic rings. The number of amides is 1. The van der Waals surface area contributed by atoms with Gasteiger partial charge in [0, 0.05) is 30.6 Å². The van der Waals surface area contributed by atoms with Crippen molar-refractivity contribution in [1.82, 2.24) is 14.3 Å². The lowest BCUT2D eigenvalue weighted by Crippen LogP contribution is -2.43. The summed E-state index contributed by atoms with van der Waals surface area (Å²) in [5.74, 6) is -1.99. The highest BCUT2D eigenvalue weighted by Gasteiger charge is 2.40. The normalized spacial score (nSPS) is 13.6. The van der Waals surface area contributed by atoms with Crippen LogP contribution in [0.3, 0.4) is 0 Å². The van der Waals surface area contributed by atoms with Gasteiger partial charge in [-0.1, -0.05) is 0 Å². The Bertz CT molecular complexity index is 979. The van der Waals surface area contributed by atoms with Crippen molar-refractivity contribution in [2.45, 2.75) is 31.0 Å². The van der Waals surface area contributed by atoms with Gasteiger partial charge in [0.15, 0.2) is 0 Å². The molecule has 2 heterocycles. The number of hydrogen-bond donors (Lipinski definition) is 2. The molecule has 148 valence electrons. The minimum atomic E-state index is -4.83. The number of aromatic nitrogens is 2. The number of carbonyl (C=O) groups excluding carboxylic acids is 1. The fourth-order valence-corrected chi connectivity index (χ4v) is 4.02. The number of nitrogens with two attached hydrogens (primary N) is 1. The van der Waals surface area contributed by atoms with Crippen LogP contribution in [0.25, 0.3) is 11.1 Å². The van der Waals surface area contributed by atoms with Crippen LogP contribution in [0.4, 0.5) is 17.6 Å². The van der Waals surface area contributed by atoms with Gasteiger partial charge < -0.3 is 10.3 Å². The molecule has 2 aromatic rings. The number of nitrogens with zero attached hydrogens (tertiary/aromatic N) is 2. The van der Waals surface area contributed by atoms with Gasteiger partial charge in [0.2, 0.25) is 16.0 Å². The number of primary amides is 1. The van der Waals surface area contributed by atoms with Gasteiger partial charge in [0.25, 0.3) is 5.91 Å². The van der Waals surface area contributed by atoms with E-state index in [-0.39, 0.29) is 22.5 Å². The minimum absolute atomic E-state index is 0.0607. The number of carbonyl (C=O) groups is 1. The first-order valence-corrected chi connectivity index (χ1v) is 8.95. The van der Waals surface area contributed by atoms with E-state index < -0.39 is 39.0 Å². The molecule has 0 aliphatic carbocycles. The number of pyridine rings is 1. The maximum absolute atomic E-state index is 13.7. The number of halogens is 4. The third-order valence-corrected chi connectivity index (χ3v) is 5.26. The Labute approximate surface area is 152 Å². The average molecular weight is 408 g/mol. The fraction of sp³-hybridized carbons (Fsp3) is 0.333. The van der Waals surface area contributed by atoms with E-state index in [1.807, 2.05) is 0 Å². The Morgan fingerprint density at radius 2 is 1.93 bits per heavy atom. The van der Waals surface area contributed by atoms with Crippen molar-refractivity contribution >= 4 is 15.9 Å². The van der Waals surface area contributed by atoms with Crippen molar-refractivity contribution in [3.8, 4) is 11.1 Å². The van der Waals surface area contributed by atoms with Crippen molar-refractivity contribution < 1.29 is 30.8 Å². The van der Waals surface area contributed by atoms with Gasteiger partial charge in [-0.15, -0.1) is 0 Å². The molecular formula is C15H16F4N4O3S. The molecule has 27 heavy (non-hydrogen) atoms. The molecule has 0 aromatic carbocycles. The van der Waals surface area contributed by atoms with Gasteiger partial charge in [0.05, 0.1) is 0 Å². The number of hydrogen-bond acceptors (Lipinski definition) is 4. The zero-order chi connectivity index (χ0) is 20.7. The number of aryl methyl sites for hydroxylation is 2. The molecule has 1 amide bonds. The number of sulfonamides is 1. The molecular weight excluding hydrogens is 392 g/mol. The molecule has 0 saturated carbocycles. The first kappa shape index (κ1) is 20.8. The van der Waals surface area contributed by atoms with Gasteiger partial charge >= 0.3 is 6.18 Å². The van der Waals surface area contributed by atoms with E-state index in [0.29, 0.717) is 6.92 Å². The van der Waals surface area contributed by atoms with Crippen LogP contribution in [0, 0.1) is 12.9 Å². The van der Waals surface area contributed by atoms with E-state index >= 15 is 0 Å². The average Bonchev–Trinajstić information content (AvgIpc) is 2.83. The predicted octanol–water partition coefficient (Wildman–Crippen LogP) is 1.86. The van der Waals surface area contributed by atoms with E-state index in [2.05, 4.69) is 4.98 Å². The van der Waals surface area contributed by atoms with Crippen LogP contribution >= 0.6 is 0 Å². The van der Waals surface area contributed by atoms with Crippen LogP contribution < -0.4 is 10.5 Å². The molecule has 2 rings (SSSR count). The molecule has 0 radical (unpaired) electrons. The molecule has 1 atom stereocenters. The zero-order valence-corrected chi connectivity index (χ0v) is 15.2. The zero-order valence-electron chi connectivity index (χ0n) is 14.4. The van der Waals surface area contributed by atoms with Crippen molar-refractivity contribution in [1.29, 1.82) is 0 Å². The first-order chi connectivity index (χ1) is 12.2. The topological polar surface area (TPSA) is 107 Å². The van der Waals surface area contributed by atoms with E-state index in [4.69, 9.17) is 5.73 Å². The van der Waals surface area contributed by atoms with E-state index in [1.54, 1.807) is 0 Å². The Kier molecular flexibility index (Phi) is 5.34. The maximum Gasteiger partial charge on any atom is 0.404 e. The van der Waals surface area contributed by atoms with Crippen LogP contribution in [-0.4, -0.2) is 36.1 Å². The summed E-state index contributed by atoms with van der Waals surface area (Å²) in [7, 11) is -3.43. The monoisotopic (exact) mass is 408 g/mol. The third kappa shape index (κ3) is 4.27. The van der Waals surface area contributed by atoms with Gasteiger partial charge in [-0.2, -0.15) is 22.3 Å². The number of alkyl halides is 3. The molecule has 3 N–H and O–H groups in total. The van der Waals surface area contributed by atoms with Crippen LogP contribution in [-0.2, 0) is 17.1 Å². The SMILES string of the molecule is Cc1cc(-c2c(S(=O)(=O)N[C@H](C)C(F)(F)F)cn(C)c2C(N)=O)cc(F)n1. The van der Waals surface area contributed by atoms with Crippen LogP contribution in [0.15, 0.2) is 23.2 Å². The Hall–Kier alpha value is -2.47. The van der Waals surface area contributed by atoms with Gasteiger partial charge in [0.1, 0.15) is 16.6 Å². The lowest BCUT2D eigenvalue weighted by Gasteiger charge is -2.17. The van der Waals surface area contributed by atoms with Crippen molar-refractivity contribution in [2.75, 3.05) is 0 Å². The van der Waals surface area contributed by atoms with Gasteiger partial charge in [-0.05, 0) is 25.5 Å². The molecule has 0 unspecified atom stereocenters. The third-order valence-electron chi connectivity index (χ3n) is 3.70. The van der Waals surface area contributed by atoms with Crippen LogP contribution in [0.5, 0.6) is 0 Å². The maximum atomic E-state index is 13.7. The summed E-state index contributed by atoms with van der Waals surface area (Å²) in [6, 6.07) is -0.235. The van der Waals surface area contributed by atoms with Crippen molar-refractivity contribution in [3.05, 3.63) is 35.7 Å². The standard InChI is InChI=1S/C15H16F4N4O3S/c1-7-4-9(5-11(16)21-7)12-10(6-23(3)13(12)14(20)24)27(25,26)22-8(2)15(17,18)19/h4-6,8,22H,1-3H3,(H2,20,24)/t8-/m1/s1. The largest absolute Gasteiger partial charge is 0.404 e. The molecule has 0 bridgehead atoms. The van der Waals surface area contributed by atoms with E-state index in [1.165, 1.54) is 24.8 Å². The molecule has 2 aromatic heterocycles. The Balaban J connectivity index is 2.75. The number of rotatable bonds is 5. The summed E-state index contributed by atoms with van der Waals surface area (Å²) in [6.45, 7) is 2.06. The van der Waals surface area contributed by atoms with E-state index in [0.717, 1.165) is 16.8 Å². The second-order valence-corrected chi connectivity index (χ2v) is 7.58. The van der Waals surface area contributed by atoms with Crippen LogP contribution in [0.2, 0.25) is 0 Å². The van der Waals surface area contributed by atoms with E-state index in [9.17, 15) is 30.8 Å². The number of nitrogens with one attached hydrogen (secondary N) is 1. The Morgan fingerprint density at radius 3 is 2.41 bits per heavy atom. The summed E-state index contributed by atoms with van der Waals surface area (Å²) in [4.78, 5) is 14.7. The first-order valence-electron chi connectivity index (χ1n) is 7.46. The van der Waals surface area contributed by atoms with Crippen molar-refractivity contribution in [3.63, 3.8) is 0 Å². The molecule has 0 aliphatic heterocycles. The van der Waals surface area contributed by atoms with Gasteiger partial charge in [-0.25, -0.2) is 13.4 Å². The highest BCUT2D eigenvalue weighted by Crippen LogP contribution is 2.33. The fourth-order valence-electron chi connectivity index (χ4n) is 2.51. The highest BCUT2D eigenvalue weighted by molar-refractivity contribution is 7.89. The van der Waals surface area contributed by atoms with Crippen LogP contribution in [0.1, 0.15) is 23.1 Å². The summed E-state index contributed by atoms with van der Waals surface area (Å²) in [5, 5.41) is 0. The predicted molar refractivity (Wildman–Crippen MR) is 87.7 cm³/mol. The molecule has 0 saturated heterocycles. The minimum Gasteiger partial charge on any atom is -0.364 e. The molecule has 0 spiro atoms. The summed E-state index contributed by atoms with van der Waals surface area (Å²) in [6.07, 6.45) is -3.89. The van der Waals surface area contributed by atoms with Crippen molar-refractivity contribution in [2.24, 2.45) is 12.8 Å². The second kappa shape index (κ2) is 6.93. The van der Waals surface area contributed by atoms with Gasteiger partial charge in [-0.3, -0.25) is 4.79 Å². The smallest absolute Gasteiger partial charge is 0.364 e.